The lowest BCUT2D eigenvalue weighted by molar-refractivity contribution is -0.120. The SMILES string of the molecule is CCOc1nc(NN)nc(N(CC(F)(F)F)C(C)C)n1. The van der Waals surface area contributed by atoms with Gasteiger partial charge in [0.05, 0.1) is 6.61 Å². The molecule has 114 valence electrons. The van der Waals surface area contributed by atoms with Crippen LogP contribution in [0.2, 0.25) is 0 Å². The molecule has 20 heavy (non-hydrogen) atoms. The van der Waals surface area contributed by atoms with Crippen LogP contribution in [0.5, 0.6) is 6.01 Å². The zero-order chi connectivity index (χ0) is 15.3. The molecule has 0 spiro atoms. The molecule has 1 aromatic rings. The molecule has 0 aromatic carbocycles. The normalized spacial score (nSPS) is 11.6. The third-order valence-electron chi connectivity index (χ3n) is 2.24. The highest BCUT2D eigenvalue weighted by atomic mass is 19.4. The van der Waals surface area contributed by atoms with E-state index in [0.717, 1.165) is 4.90 Å². The van der Waals surface area contributed by atoms with Gasteiger partial charge in [-0.15, -0.1) is 0 Å². The van der Waals surface area contributed by atoms with Crippen molar-refractivity contribution in [3.8, 4) is 6.01 Å². The molecular formula is C10H17F3N6O. The largest absolute Gasteiger partial charge is 0.464 e. The van der Waals surface area contributed by atoms with Crippen molar-refractivity contribution in [3.63, 3.8) is 0 Å². The molecule has 0 saturated carbocycles. The van der Waals surface area contributed by atoms with E-state index >= 15 is 0 Å². The molecule has 0 unspecified atom stereocenters. The monoisotopic (exact) mass is 294 g/mol. The van der Waals surface area contributed by atoms with Gasteiger partial charge < -0.3 is 9.64 Å². The van der Waals surface area contributed by atoms with Gasteiger partial charge in [0.1, 0.15) is 6.54 Å². The first-order valence-electron chi connectivity index (χ1n) is 5.95. The van der Waals surface area contributed by atoms with E-state index in [1.165, 1.54) is 0 Å². The topological polar surface area (TPSA) is 89.2 Å². The predicted octanol–water partition coefficient (Wildman–Crippen LogP) is 1.33. The van der Waals surface area contributed by atoms with Crippen molar-refractivity contribution in [1.29, 1.82) is 0 Å². The minimum atomic E-state index is -4.38. The van der Waals surface area contributed by atoms with Crippen molar-refractivity contribution in [1.82, 2.24) is 15.0 Å². The maximum absolute atomic E-state index is 12.6. The van der Waals surface area contributed by atoms with Crippen molar-refractivity contribution in [2.24, 2.45) is 5.84 Å². The van der Waals surface area contributed by atoms with E-state index in [2.05, 4.69) is 20.4 Å². The molecule has 0 aliphatic heterocycles. The third-order valence-corrected chi connectivity index (χ3v) is 2.24. The van der Waals surface area contributed by atoms with Gasteiger partial charge in [0, 0.05) is 6.04 Å². The number of halogens is 3. The summed E-state index contributed by atoms with van der Waals surface area (Å²) < 4.78 is 42.9. The van der Waals surface area contributed by atoms with Crippen LogP contribution < -0.4 is 20.9 Å². The van der Waals surface area contributed by atoms with Crippen LogP contribution in [-0.2, 0) is 0 Å². The number of hydrogen-bond donors (Lipinski definition) is 2. The molecule has 0 bridgehead atoms. The molecule has 1 rings (SSSR count). The van der Waals surface area contributed by atoms with Gasteiger partial charge in [-0.1, -0.05) is 0 Å². The number of alkyl halides is 3. The summed E-state index contributed by atoms with van der Waals surface area (Å²) in [6.45, 7) is 4.00. The number of hydrazine groups is 1. The van der Waals surface area contributed by atoms with Gasteiger partial charge in [0.2, 0.25) is 11.9 Å². The predicted molar refractivity (Wildman–Crippen MR) is 67.3 cm³/mol. The molecule has 0 radical (unpaired) electrons. The fraction of sp³-hybridized carbons (Fsp3) is 0.700. The summed E-state index contributed by atoms with van der Waals surface area (Å²) in [6, 6.07) is -0.544. The molecule has 7 nitrogen and oxygen atoms in total. The number of nitrogens with zero attached hydrogens (tertiary/aromatic N) is 4. The number of hydrogen-bond acceptors (Lipinski definition) is 7. The van der Waals surface area contributed by atoms with Gasteiger partial charge in [-0.05, 0) is 20.8 Å². The zero-order valence-electron chi connectivity index (χ0n) is 11.4. The van der Waals surface area contributed by atoms with Crippen molar-refractivity contribution in [3.05, 3.63) is 0 Å². The molecule has 1 aromatic heterocycles. The van der Waals surface area contributed by atoms with Crippen molar-refractivity contribution < 1.29 is 17.9 Å². The van der Waals surface area contributed by atoms with E-state index in [0.29, 0.717) is 0 Å². The van der Waals surface area contributed by atoms with E-state index in [9.17, 15) is 13.2 Å². The standard InChI is InChI=1S/C10H17F3N6O/c1-4-20-9-16-7(18-14)15-8(17-9)19(6(2)3)5-10(11,12)13/h6H,4-5,14H2,1-3H3,(H,15,16,17,18). The van der Waals surface area contributed by atoms with Gasteiger partial charge in [0.15, 0.2) is 0 Å². The van der Waals surface area contributed by atoms with Gasteiger partial charge in [-0.2, -0.15) is 28.1 Å². The van der Waals surface area contributed by atoms with E-state index < -0.39 is 18.8 Å². The second-order valence-corrected chi connectivity index (χ2v) is 4.16. The zero-order valence-corrected chi connectivity index (χ0v) is 11.4. The highest BCUT2D eigenvalue weighted by Gasteiger charge is 2.33. The maximum atomic E-state index is 12.6. The summed E-state index contributed by atoms with van der Waals surface area (Å²) in [6.07, 6.45) is -4.38. The Morgan fingerprint density at radius 3 is 2.40 bits per heavy atom. The first-order valence-corrected chi connectivity index (χ1v) is 5.95. The minimum Gasteiger partial charge on any atom is -0.464 e. The van der Waals surface area contributed by atoms with Gasteiger partial charge in [-0.25, -0.2) is 5.84 Å². The molecule has 0 saturated heterocycles. The second-order valence-electron chi connectivity index (χ2n) is 4.16. The highest BCUT2D eigenvalue weighted by molar-refractivity contribution is 5.38. The Labute approximate surface area is 114 Å². The van der Waals surface area contributed by atoms with Crippen LogP contribution in [0.25, 0.3) is 0 Å². The van der Waals surface area contributed by atoms with Crippen molar-refractivity contribution in [2.75, 3.05) is 23.5 Å². The van der Waals surface area contributed by atoms with Crippen LogP contribution >= 0.6 is 0 Å². The molecule has 0 aliphatic rings. The molecule has 10 heteroatoms. The average molecular weight is 294 g/mol. The Balaban J connectivity index is 3.14. The Bertz CT molecular complexity index is 439. The molecule has 0 aliphatic carbocycles. The van der Waals surface area contributed by atoms with Crippen LogP contribution in [0.1, 0.15) is 20.8 Å². The summed E-state index contributed by atoms with van der Waals surface area (Å²) in [7, 11) is 0. The first-order chi connectivity index (χ1) is 9.26. The van der Waals surface area contributed by atoms with Gasteiger partial charge in [-0.3, -0.25) is 5.43 Å². The third kappa shape index (κ3) is 4.68. The van der Waals surface area contributed by atoms with Crippen LogP contribution in [0.3, 0.4) is 0 Å². The molecule has 1 heterocycles. The van der Waals surface area contributed by atoms with E-state index in [1.807, 2.05) is 0 Å². The first kappa shape index (κ1) is 16.2. The van der Waals surface area contributed by atoms with E-state index in [1.54, 1.807) is 20.8 Å². The number of aromatic nitrogens is 3. The quantitative estimate of drug-likeness (QED) is 0.604. The van der Waals surface area contributed by atoms with Crippen LogP contribution in [0.4, 0.5) is 25.1 Å². The van der Waals surface area contributed by atoms with Crippen molar-refractivity contribution in [2.45, 2.75) is 33.0 Å². The van der Waals surface area contributed by atoms with Gasteiger partial charge in [0.25, 0.3) is 0 Å². The Morgan fingerprint density at radius 2 is 1.95 bits per heavy atom. The summed E-state index contributed by atoms with van der Waals surface area (Å²) in [4.78, 5) is 12.5. The molecule has 0 fully saturated rings. The lowest BCUT2D eigenvalue weighted by Crippen LogP contribution is -2.40. The van der Waals surface area contributed by atoms with Crippen LogP contribution in [-0.4, -0.2) is 40.3 Å². The number of nitrogens with two attached hydrogens (primary N) is 1. The van der Waals surface area contributed by atoms with Crippen LogP contribution in [0.15, 0.2) is 0 Å². The Morgan fingerprint density at radius 1 is 1.30 bits per heavy atom. The fourth-order valence-electron chi connectivity index (χ4n) is 1.41. The number of nitrogen functional groups attached to an aromatic ring is 1. The lowest BCUT2D eigenvalue weighted by Gasteiger charge is -2.27. The smallest absolute Gasteiger partial charge is 0.406 e. The highest BCUT2D eigenvalue weighted by Crippen LogP contribution is 2.23. The average Bonchev–Trinajstić information content (AvgIpc) is 2.34. The maximum Gasteiger partial charge on any atom is 0.406 e. The Hall–Kier alpha value is -1.84. The molecule has 0 amide bonds. The van der Waals surface area contributed by atoms with E-state index in [-0.39, 0.29) is 24.5 Å². The minimum absolute atomic E-state index is 0.0636. The summed E-state index contributed by atoms with van der Waals surface area (Å²) >= 11 is 0. The number of rotatable bonds is 6. The molecule has 3 N–H and O–H groups in total. The van der Waals surface area contributed by atoms with E-state index in [4.69, 9.17) is 10.6 Å². The fourth-order valence-corrected chi connectivity index (χ4v) is 1.41. The number of ether oxygens (including phenoxy) is 1. The van der Waals surface area contributed by atoms with Gasteiger partial charge >= 0.3 is 12.2 Å². The summed E-state index contributed by atoms with van der Waals surface area (Å²) in [5.74, 6) is 4.98. The summed E-state index contributed by atoms with van der Waals surface area (Å²) in [5, 5.41) is 0. The lowest BCUT2D eigenvalue weighted by atomic mass is 10.3. The van der Waals surface area contributed by atoms with Crippen LogP contribution in [0, 0.1) is 0 Å². The second kappa shape index (κ2) is 6.55. The molecule has 0 atom stereocenters. The Kier molecular flexibility index (Phi) is 5.31. The van der Waals surface area contributed by atoms with Crippen molar-refractivity contribution >= 4 is 11.9 Å². The molecular weight excluding hydrogens is 277 g/mol. The number of anilines is 2. The number of nitrogens with one attached hydrogen (secondary N) is 1. The summed E-state index contributed by atoms with van der Waals surface area (Å²) in [5.41, 5.74) is 2.17.